The summed E-state index contributed by atoms with van der Waals surface area (Å²) in [7, 11) is 0. The second-order valence-corrected chi connectivity index (χ2v) is 16.0. The highest BCUT2D eigenvalue weighted by atomic mass is 32.1. The Labute approximate surface area is 330 Å². The first-order valence-corrected chi connectivity index (χ1v) is 20.2. The van der Waals surface area contributed by atoms with E-state index in [2.05, 4.69) is 191 Å². The molecule has 0 aliphatic carbocycles. The Morgan fingerprint density at radius 1 is 0.368 bits per heavy atom. The summed E-state index contributed by atoms with van der Waals surface area (Å²) >= 11 is 1.74. The van der Waals surface area contributed by atoms with Gasteiger partial charge in [0.15, 0.2) is 0 Å². The Balaban J connectivity index is 1.15. The van der Waals surface area contributed by atoms with Gasteiger partial charge in [-0.3, -0.25) is 4.57 Å². The molecule has 13 aromatic rings. The molecule has 5 heteroatoms. The van der Waals surface area contributed by atoms with Crippen LogP contribution in [0.4, 0.5) is 0 Å². The van der Waals surface area contributed by atoms with Crippen molar-refractivity contribution in [1.82, 2.24) is 18.9 Å². The third kappa shape index (κ3) is 4.32. The van der Waals surface area contributed by atoms with E-state index in [9.17, 15) is 0 Å². The van der Waals surface area contributed by atoms with Crippen molar-refractivity contribution in [2.24, 2.45) is 0 Å². The van der Waals surface area contributed by atoms with Gasteiger partial charge in [0.25, 0.3) is 0 Å². The second-order valence-electron chi connectivity index (χ2n) is 14.9. The smallest absolute Gasteiger partial charge is 0.236 e. The standard InChI is InChI=1S/C52H30N4S/c1-3-13-31(14-4-1)33-23-25-34(26-24-33)48-46-39-19-9-12-22-45(39)57-51(46)54-52(53-48)56-42-20-10-7-17-36(42)40-30-41-37-28-27-35(32-15-5-2-6-16-32)29-44(37)55-43-21-11-8-18-38(43)47(49(41)55)50(40)56/h1-30H. The lowest BCUT2D eigenvalue weighted by Gasteiger charge is -2.11. The molecule has 0 unspecified atom stereocenters. The molecule has 0 radical (unpaired) electrons. The third-order valence-electron chi connectivity index (χ3n) is 11.9. The van der Waals surface area contributed by atoms with Crippen molar-refractivity contribution in [3.05, 3.63) is 182 Å². The van der Waals surface area contributed by atoms with Gasteiger partial charge in [-0.15, -0.1) is 11.3 Å². The van der Waals surface area contributed by atoms with E-state index in [0.717, 1.165) is 32.5 Å². The number of benzene rings is 8. The first-order valence-electron chi connectivity index (χ1n) is 19.3. The monoisotopic (exact) mass is 742 g/mol. The van der Waals surface area contributed by atoms with Crippen LogP contribution in [0.25, 0.3) is 120 Å². The molecule has 5 heterocycles. The predicted octanol–water partition coefficient (Wildman–Crippen LogP) is 14.1. The molecule has 8 aromatic carbocycles. The van der Waals surface area contributed by atoms with E-state index in [0.29, 0.717) is 5.95 Å². The molecule has 0 bridgehead atoms. The van der Waals surface area contributed by atoms with Crippen LogP contribution >= 0.6 is 11.3 Å². The van der Waals surface area contributed by atoms with Crippen molar-refractivity contribution >= 4 is 91.5 Å². The lowest BCUT2D eigenvalue weighted by Crippen LogP contribution is -2.03. The molecule has 0 fully saturated rings. The summed E-state index contributed by atoms with van der Waals surface area (Å²) in [5.41, 5.74) is 12.7. The lowest BCUT2D eigenvalue weighted by atomic mass is 10.0. The number of hydrogen-bond donors (Lipinski definition) is 0. The highest BCUT2D eigenvalue weighted by Crippen LogP contribution is 2.47. The minimum Gasteiger partial charge on any atom is -0.308 e. The third-order valence-corrected chi connectivity index (χ3v) is 13.0. The fourth-order valence-corrected chi connectivity index (χ4v) is 10.5. The zero-order valence-electron chi connectivity index (χ0n) is 30.5. The van der Waals surface area contributed by atoms with Crippen molar-refractivity contribution in [1.29, 1.82) is 0 Å². The van der Waals surface area contributed by atoms with Gasteiger partial charge in [0.2, 0.25) is 5.95 Å². The fourth-order valence-electron chi connectivity index (χ4n) is 9.39. The Bertz CT molecular complexity index is 3730. The Kier molecular flexibility index (Phi) is 6.29. The molecule has 57 heavy (non-hydrogen) atoms. The molecule has 0 spiro atoms. The molecule has 5 aromatic heterocycles. The molecule has 4 nitrogen and oxygen atoms in total. The van der Waals surface area contributed by atoms with E-state index >= 15 is 0 Å². The maximum Gasteiger partial charge on any atom is 0.236 e. The topological polar surface area (TPSA) is 35.1 Å². The quantitative estimate of drug-likeness (QED) is 0.180. The maximum absolute atomic E-state index is 5.61. The van der Waals surface area contributed by atoms with Crippen LogP contribution < -0.4 is 0 Å². The van der Waals surface area contributed by atoms with Gasteiger partial charge in [-0.2, -0.15) is 0 Å². The maximum atomic E-state index is 5.61. The zero-order valence-corrected chi connectivity index (χ0v) is 31.3. The van der Waals surface area contributed by atoms with Gasteiger partial charge in [-0.25, -0.2) is 9.97 Å². The first kappa shape index (κ1) is 30.9. The number of fused-ring (bicyclic) bond motifs is 13. The summed E-state index contributed by atoms with van der Waals surface area (Å²) in [6, 6.07) is 65.7. The van der Waals surface area contributed by atoms with Gasteiger partial charge < -0.3 is 4.40 Å². The van der Waals surface area contributed by atoms with E-state index in [1.54, 1.807) is 11.3 Å². The molecule has 0 aliphatic rings. The SMILES string of the molecule is c1ccc(-c2ccc(-c3nc(-n4c5ccccc5c5cc6c7ccc(-c8ccccc8)cc7n7c8ccccc8c(c54)c67)nc4sc5ccccc5c34)cc2)cc1. The normalized spacial score (nSPS) is 12.2. The van der Waals surface area contributed by atoms with Crippen LogP contribution in [0.3, 0.4) is 0 Å². The number of nitrogens with zero attached hydrogens (tertiary/aromatic N) is 4. The van der Waals surface area contributed by atoms with Gasteiger partial charge >= 0.3 is 0 Å². The average Bonchev–Trinajstić information content (AvgIpc) is 4.02. The lowest BCUT2D eigenvalue weighted by molar-refractivity contribution is 1.02. The molecule has 0 aliphatic heterocycles. The van der Waals surface area contributed by atoms with Crippen LogP contribution in [0, 0.1) is 0 Å². The summed E-state index contributed by atoms with van der Waals surface area (Å²) in [6.45, 7) is 0. The van der Waals surface area contributed by atoms with E-state index in [1.165, 1.54) is 81.2 Å². The van der Waals surface area contributed by atoms with Gasteiger partial charge in [-0.1, -0.05) is 152 Å². The van der Waals surface area contributed by atoms with Crippen LogP contribution in [-0.2, 0) is 0 Å². The van der Waals surface area contributed by atoms with Crippen LogP contribution in [0.1, 0.15) is 0 Å². The molecule has 13 rings (SSSR count). The second kappa shape index (κ2) is 11.6. The molecule has 0 amide bonds. The predicted molar refractivity (Wildman–Crippen MR) is 240 cm³/mol. The summed E-state index contributed by atoms with van der Waals surface area (Å²) in [6.07, 6.45) is 0. The molecule has 0 N–H and O–H groups in total. The van der Waals surface area contributed by atoms with Gasteiger partial charge in [0.1, 0.15) is 4.83 Å². The number of thiophene rings is 1. The molecular formula is C52H30N4S. The van der Waals surface area contributed by atoms with Crippen molar-refractivity contribution < 1.29 is 0 Å². The fraction of sp³-hybridized carbons (Fsp3) is 0. The molecule has 0 saturated carbocycles. The molecule has 0 saturated heterocycles. The van der Waals surface area contributed by atoms with Gasteiger partial charge in [-0.05, 0) is 52.6 Å². The minimum absolute atomic E-state index is 0.677. The number of para-hydroxylation sites is 2. The Hall–Kier alpha value is -7.34. The number of hydrogen-bond acceptors (Lipinski definition) is 3. The Morgan fingerprint density at radius 2 is 0.947 bits per heavy atom. The van der Waals surface area contributed by atoms with Crippen LogP contribution in [0.2, 0.25) is 0 Å². The van der Waals surface area contributed by atoms with Gasteiger partial charge in [0, 0.05) is 53.4 Å². The average molecular weight is 743 g/mol. The van der Waals surface area contributed by atoms with Crippen LogP contribution in [0.15, 0.2) is 182 Å². The minimum atomic E-state index is 0.677. The summed E-state index contributed by atoms with van der Waals surface area (Å²) in [5, 5.41) is 9.62. The highest BCUT2D eigenvalue weighted by Gasteiger charge is 2.26. The first-order chi connectivity index (χ1) is 28.3. The van der Waals surface area contributed by atoms with E-state index in [-0.39, 0.29) is 0 Å². The number of aromatic nitrogens is 4. The molecule has 0 atom stereocenters. The van der Waals surface area contributed by atoms with Crippen molar-refractivity contribution in [3.63, 3.8) is 0 Å². The van der Waals surface area contributed by atoms with Crippen LogP contribution in [-0.4, -0.2) is 18.9 Å². The number of rotatable bonds is 4. The Morgan fingerprint density at radius 3 is 1.74 bits per heavy atom. The summed E-state index contributed by atoms with van der Waals surface area (Å²) in [5.74, 6) is 0.677. The summed E-state index contributed by atoms with van der Waals surface area (Å²) < 4.78 is 6.03. The van der Waals surface area contributed by atoms with E-state index < -0.39 is 0 Å². The summed E-state index contributed by atoms with van der Waals surface area (Å²) in [4.78, 5) is 12.1. The van der Waals surface area contributed by atoms with Crippen LogP contribution in [0.5, 0.6) is 0 Å². The zero-order chi connectivity index (χ0) is 37.2. The largest absolute Gasteiger partial charge is 0.308 e. The molecular weight excluding hydrogens is 713 g/mol. The van der Waals surface area contributed by atoms with Crippen molar-refractivity contribution in [2.45, 2.75) is 0 Å². The van der Waals surface area contributed by atoms with E-state index in [1.807, 2.05) is 0 Å². The van der Waals surface area contributed by atoms with E-state index in [4.69, 9.17) is 9.97 Å². The highest BCUT2D eigenvalue weighted by molar-refractivity contribution is 7.25. The van der Waals surface area contributed by atoms with Crippen molar-refractivity contribution in [2.75, 3.05) is 0 Å². The van der Waals surface area contributed by atoms with Gasteiger partial charge in [0.05, 0.1) is 33.3 Å². The van der Waals surface area contributed by atoms with Crippen molar-refractivity contribution in [3.8, 4) is 39.5 Å². The molecule has 264 valence electrons.